The lowest BCUT2D eigenvalue weighted by Crippen LogP contribution is -2.15. The Kier molecular flexibility index (Phi) is 3.27. The van der Waals surface area contributed by atoms with Crippen molar-refractivity contribution >= 4 is 39.9 Å². The summed E-state index contributed by atoms with van der Waals surface area (Å²) in [5.74, 6) is -0.446. The van der Waals surface area contributed by atoms with Gasteiger partial charge in [0.1, 0.15) is 17.0 Å². The highest BCUT2D eigenvalue weighted by Gasteiger charge is 2.43. The number of halogens is 2. The first-order valence-electron chi connectivity index (χ1n) is 8.16. The second-order valence-corrected chi connectivity index (χ2v) is 6.85. The normalized spacial score (nSPS) is 19.2. The maximum absolute atomic E-state index is 13.0. The van der Waals surface area contributed by atoms with E-state index in [4.69, 9.17) is 11.6 Å². The third-order valence-electron chi connectivity index (χ3n) is 4.53. The standard InChI is InChI=1S/C18H13ClFN5O/c19-15-5-10-3-11(8-21-17(10)22-15)9-1-2-25-12(4-9)6-16(24-25)23-18(26)13-7-14(13)20/h1-6,8,13-14H,7H2,(H,21,22)(H,23,24,26). The van der Waals surface area contributed by atoms with E-state index < -0.39 is 12.1 Å². The van der Waals surface area contributed by atoms with E-state index >= 15 is 0 Å². The summed E-state index contributed by atoms with van der Waals surface area (Å²) >= 11 is 5.97. The number of hydrogen-bond acceptors (Lipinski definition) is 3. The number of hydrogen-bond donors (Lipinski definition) is 2. The number of H-pyrrole nitrogens is 1. The van der Waals surface area contributed by atoms with Gasteiger partial charge in [0.2, 0.25) is 5.91 Å². The van der Waals surface area contributed by atoms with E-state index in [0.717, 1.165) is 27.7 Å². The zero-order chi connectivity index (χ0) is 17.8. The minimum absolute atomic E-state index is 0.294. The summed E-state index contributed by atoms with van der Waals surface area (Å²) < 4.78 is 14.6. The smallest absolute Gasteiger partial charge is 0.231 e. The molecule has 5 rings (SSSR count). The SMILES string of the molecule is O=C(Nc1cc2cc(-c3cnc4[nH]c(Cl)cc4c3)ccn2n1)C1CC1F. The molecular formula is C18H13ClFN5O. The van der Waals surface area contributed by atoms with Crippen LogP contribution in [-0.2, 0) is 4.79 Å². The van der Waals surface area contributed by atoms with Crippen LogP contribution in [0, 0.1) is 5.92 Å². The van der Waals surface area contributed by atoms with Gasteiger partial charge in [-0.25, -0.2) is 13.9 Å². The summed E-state index contributed by atoms with van der Waals surface area (Å²) in [5.41, 5.74) is 3.46. The van der Waals surface area contributed by atoms with Crippen LogP contribution < -0.4 is 5.32 Å². The molecule has 1 amide bonds. The van der Waals surface area contributed by atoms with Gasteiger partial charge in [-0.3, -0.25) is 4.79 Å². The van der Waals surface area contributed by atoms with Crippen LogP contribution >= 0.6 is 11.6 Å². The summed E-state index contributed by atoms with van der Waals surface area (Å²) in [6.45, 7) is 0. The first-order chi connectivity index (χ1) is 12.6. The van der Waals surface area contributed by atoms with Crippen molar-refractivity contribution in [1.82, 2.24) is 19.6 Å². The minimum Gasteiger partial charge on any atom is -0.330 e. The number of alkyl halides is 1. The lowest BCUT2D eigenvalue weighted by Gasteiger charge is -2.02. The van der Waals surface area contributed by atoms with Crippen molar-refractivity contribution in [3.8, 4) is 11.1 Å². The molecule has 0 radical (unpaired) electrons. The summed E-state index contributed by atoms with van der Waals surface area (Å²) in [4.78, 5) is 19.2. The molecule has 2 atom stereocenters. The number of anilines is 1. The molecule has 0 bridgehead atoms. The van der Waals surface area contributed by atoms with Crippen LogP contribution in [0.25, 0.3) is 27.7 Å². The predicted molar refractivity (Wildman–Crippen MR) is 96.9 cm³/mol. The quantitative estimate of drug-likeness (QED) is 0.576. The van der Waals surface area contributed by atoms with E-state index in [1.165, 1.54) is 0 Å². The molecule has 8 heteroatoms. The van der Waals surface area contributed by atoms with Gasteiger partial charge in [-0.15, -0.1) is 0 Å². The number of amides is 1. The van der Waals surface area contributed by atoms with Crippen molar-refractivity contribution in [3.63, 3.8) is 0 Å². The van der Waals surface area contributed by atoms with Gasteiger partial charge in [-0.2, -0.15) is 5.10 Å². The number of carbonyl (C=O) groups excluding carboxylic acids is 1. The first-order valence-corrected chi connectivity index (χ1v) is 8.54. The van der Waals surface area contributed by atoms with Crippen molar-refractivity contribution in [2.75, 3.05) is 5.32 Å². The number of aromatic nitrogens is 4. The average Bonchev–Trinajstić information content (AvgIpc) is 3.04. The van der Waals surface area contributed by atoms with Crippen molar-refractivity contribution in [2.24, 2.45) is 5.92 Å². The summed E-state index contributed by atoms with van der Waals surface area (Å²) in [7, 11) is 0. The van der Waals surface area contributed by atoms with E-state index in [1.807, 2.05) is 30.5 Å². The number of nitrogens with zero attached hydrogens (tertiary/aromatic N) is 3. The van der Waals surface area contributed by atoms with Gasteiger partial charge < -0.3 is 10.3 Å². The lowest BCUT2D eigenvalue weighted by atomic mass is 10.1. The van der Waals surface area contributed by atoms with Crippen LogP contribution in [-0.4, -0.2) is 31.7 Å². The second kappa shape index (κ2) is 5.54. The highest BCUT2D eigenvalue weighted by Crippen LogP contribution is 2.34. The summed E-state index contributed by atoms with van der Waals surface area (Å²) in [6.07, 6.45) is 2.85. The molecule has 0 saturated heterocycles. The number of nitrogens with one attached hydrogen (secondary N) is 2. The zero-order valence-electron chi connectivity index (χ0n) is 13.4. The van der Waals surface area contributed by atoms with E-state index in [9.17, 15) is 9.18 Å². The number of rotatable bonds is 3. The Morgan fingerprint density at radius 1 is 1.31 bits per heavy atom. The molecule has 2 unspecified atom stereocenters. The fourth-order valence-corrected chi connectivity index (χ4v) is 3.24. The maximum Gasteiger partial charge on any atom is 0.231 e. The molecule has 4 heterocycles. The molecule has 1 saturated carbocycles. The van der Waals surface area contributed by atoms with Gasteiger partial charge in [0.25, 0.3) is 0 Å². The van der Waals surface area contributed by atoms with Crippen molar-refractivity contribution in [2.45, 2.75) is 12.6 Å². The van der Waals surface area contributed by atoms with Crippen LogP contribution in [0.3, 0.4) is 0 Å². The second-order valence-electron chi connectivity index (χ2n) is 6.44. The van der Waals surface area contributed by atoms with Crippen LogP contribution in [0.5, 0.6) is 0 Å². The highest BCUT2D eigenvalue weighted by atomic mass is 35.5. The topological polar surface area (TPSA) is 75.1 Å². The maximum atomic E-state index is 13.0. The van der Waals surface area contributed by atoms with Crippen LogP contribution in [0.15, 0.2) is 42.7 Å². The van der Waals surface area contributed by atoms with E-state index in [0.29, 0.717) is 17.4 Å². The van der Waals surface area contributed by atoms with Gasteiger partial charge in [-0.1, -0.05) is 11.6 Å². The Morgan fingerprint density at radius 3 is 2.96 bits per heavy atom. The molecule has 26 heavy (non-hydrogen) atoms. The third-order valence-corrected chi connectivity index (χ3v) is 4.74. The highest BCUT2D eigenvalue weighted by molar-refractivity contribution is 6.30. The number of fused-ring (bicyclic) bond motifs is 2. The van der Waals surface area contributed by atoms with E-state index in [2.05, 4.69) is 20.4 Å². The molecule has 0 aliphatic heterocycles. The van der Waals surface area contributed by atoms with Crippen LogP contribution in [0.2, 0.25) is 5.15 Å². The van der Waals surface area contributed by atoms with Gasteiger partial charge >= 0.3 is 0 Å². The van der Waals surface area contributed by atoms with Crippen LogP contribution in [0.4, 0.5) is 10.2 Å². The largest absolute Gasteiger partial charge is 0.330 e. The van der Waals surface area contributed by atoms with Gasteiger partial charge in [0.05, 0.1) is 11.4 Å². The van der Waals surface area contributed by atoms with Crippen LogP contribution in [0.1, 0.15) is 6.42 Å². The molecule has 1 aliphatic rings. The Morgan fingerprint density at radius 2 is 2.15 bits per heavy atom. The van der Waals surface area contributed by atoms with E-state index in [-0.39, 0.29) is 5.91 Å². The summed E-state index contributed by atoms with van der Waals surface area (Å²) in [5, 5.41) is 8.44. The molecule has 1 aliphatic carbocycles. The zero-order valence-corrected chi connectivity index (χ0v) is 14.2. The van der Waals surface area contributed by atoms with Gasteiger partial charge in [-0.05, 0) is 36.2 Å². The molecule has 130 valence electrons. The number of pyridine rings is 2. The molecule has 4 aromatic rings. The fourth-order valence-electron chi connectivity index (χ4n) is 3.03. The van der Waals surface area contributed by atoms with Gasteiger partial charge in [0, 0.05) is 29.4 Å². The third kappa shape index (κ3) is 2.61. The molecular weight excluding hydrogens is 357 g/mol. The predicted octanol–water partition coefficient (Wildman–Crippen LogP) is 3.83. The minimum atomic E-state index is -1.03. The lowest BCUT2D eigenvalue weighted by molar-refractivity contribution is -0.117. The monoisotopic (exact) mass is 369 g/mol. The summed E-state index contributed by atoms with van der Waals surface area (Å²) in [6, 6.07) is 9.46. The Hall–Kier alpha value is -2.93. The molecule has 1 fully saturated rings. The molecule has 6 nitrogen and oxygen atoms in total. The van der Waals surface area contributed by atoms with E-state index in [1.54, 1.807) is 16.8 Å². The molecule has 0 spiro atoms. The molecule has 0 aromatic carbocycles. The first kappa shape index (κ1) is 15.3. The van der Waals surface area contributed by atoms with Crippen molar-refractivity contribution in [1.29, 1.82) is 0 Å². The fraction of sp³-hybridized carbons (Fsp3) is 0.167. The van der Waals surface area contributed by atoms with Gasteiger partial charge in [0.15, 0.2) is 5.82 Å². The molecule has 2 N–H and O–H groups in total. The Balaban J connectivity index is 1.47. The Bertz CT molecular complexity index is 1170. The van der Waals surface area contributed by atoms with Crippen molar-refractivity contribution in [3.05, 3.63) is 47.9 Å². The van der Waals surface area contributed by atoms with Crippen molar-refractivity contribution < 1.29 is 9.18 Å². The Labute approximate surface area is 152 Å². The molecule has 4 aromatic heterocycles. The average molecular weight is 370 g/mol. The number of carbonyl (C=O) groups is 1. The number of aromatic amines is 1.